The predicted octanol–water partition coefficient (Wildman–Crippen LogP) is 2.43. The third-order valence-corrected chi connectivity index (χ3v) is 6.64. The molecule has 0 radical (unpaired) electrons. The average Bonchev–Trinajstić information content (AvgIpc) is 3.36. The molecule has 0 fully saturated rings. The molecule has 0 spiro atoms. The number of fused-ring (bicyclic) bond motifs is 1. The Morgan fingerprint density at radius 1 is 1.36 bits per heavy atom. The van der Waals surface area contributed by atoms with Crippen LogP contribution in [0.15, 0.2) is 36.5 Å². The second-order valence-corrected chi connectivity index (χ2v) is 9.66. The molecule has 8 nitrogen and oxygen atoms in total. The van der Waals surface area contributed by atoms with E-state index >= 15 is 0 Å². The van der Waals surface area contributed by atoms with Crippen molar-refractivity contribution in [3.05, 3.63) is 63.5 Å². The van der Waals surface area contributed by atoms with Gasteiger partial charge in [-0.3, -0.25) is 9.59 Å². The fraction of sp³-hybridized carbons (Fsp3) is 0.304. The fourth-order valence-electron chi connectivity index (χ4n) is 3.56. The van der Waals surface area contributed by atoms with E-state index in [9.17, 15) is 19.1 Å². The Bertz CT molecular complexity index is 1240. The Kier molecular flexibility index (Phi) is 5.67. The average molecular weight is 471 g/mol. The zero-order chi connectivity index (χ0) is 24.0. The van der Waals surface area contributed by atoms with Gasteiger partial charge >= 0.3 is 0 Å². The van der Waals surface area contributed by atoms with Crippen LogP contribution in [0.2, 0.25) is 0 Å². The number of halogens is 1. The highest BCUT2D eigenvalue weighted by molar-refractivity contribution is 7.13. The Morgan fingerprint density at radius 3 is 2.67 bits per heavy atom. The summed E-state index contributed by atoms with van der Waals surface area (Å²) in [5, 5.41) is 14.7. The maximum absolute atomic E-state index is 13.5. The van der Waals surface area contributed by atoms with E-state index in [-0.39, 0.29) is 24.8 Å². The summed E-state index contributed by atoms with van der Waals surface area (Å²) in [6.07, 6.45) is 1.47. The molecule has 2 atom stereocenters. The lowest BCUT2D eigenvalue weighted by molar-refractivity contribution is -0.123. The lowest BCUT2D eigenvalue weighted by atomic mass is 9.82. The van der Waals surface area contributed by atoms with Crippen LogP contribution in [-0.4, -0.2) is 40.0 Å². The Balaban J connectivity index is 1.74. The monoisotopic (exact) mass is 470 g/mol. The van der Waals surface area contributed by atoms with Gasteiger partial charge in [0.1, 0.15) is 39.8 Å². The van der Waals surface area contributed by atoms with Gasteiger partial charge in [-0.2, -0.15) is 0 Å². The smallest absolute Gasteiger partial charge is 0.263 e. The molecule has 2 aromatic heterocycles. The number of nitrogens with zero attached hydrogens (tertiary/aromatic N) is 2. The van der Waals surface area contributed by atoms with Crippen molar-refractivity contribution in [3.63, 3.8) is 0 Å². The van der Waals surface area contributed by atoms with Gasteiger partial charge in [-0.05, 0) is 51.1 Å². The van der Waals surface area contributed by atoms with Crippen LogP contribution in [0.5, 0.6) is 5.75 Å². The molecule has 0 bridgehead atoms. The van der Waals surface area contributed by atoms with Crippen molar-refractivity contribution in [2.24, 2.45) is 5.73 Å². The molecular formula is C23H23FN4O4S. The summed E-state index contributed by atoms with van der Waals surface area (Å²) in [6.45, 7) is 4.82. The molecule has 1 aliphatic rings. The van der Waals surface area contributed by atoms with E-state index in [4.69, 9.17) is 10.5 Å². The summed E-state index contributed by atoms with van der Waals surface area (Å²) in [5.74, 6) is -1.02. The van der Waals surface area contributed by atoms with E-state index in [2.05, 4.69) is 15.3 Å². The summed E-state index contributed by atoms with van der Waals surface area (Å²) in [4.78, 5) is 33.8. The lowest BCUT2D eigenvalue weighted by Crippen LogP contribution is -2.41. The largest absolute Gasteiger partial charge is 0.489 e. The van der Waals surface area contributed by atoms with Gasteiger partial charge in [-0.15, -0.1) is 11.3 Å². The molecule has 4 N–H and O–H groups in total. The summed E-state index contributed by atoms with van der Waals surface area (Å²) in [7, 11) is 0. The number of hydrogen-bond donors (Lipinski definition) is 3. The van der Waals surface area contributed by atoms with E-state index < -0.39 is 22.7 Å². The fourth-order valence-corrected chi connectivity index (χ4v) is 4.26. The molecule has 4 rings (SSSR count). The topological polar surface area (TPSA) is 127 Å². The second-order valence-electron chi connectivity index (χ2n) is 8.42. The molecule has 10 heteroatoms. The number of aliphatic hydroxyl groups is 1. The van der Waals surface area contributed by atoms with Crippen LogP contribution in [0.25, 0.3) is 11.3 Å². The van der Waals surface area contributed by atoms with Crippen molar-refractivity contribution in [3.8, 4) is 17.0 Å². The van der Waals surface area contributed by atoms with Crippen LogP contribution in [0, 0.1) is 12.7 Å². The number of primary amides is 1. The number of amides is 2. The van der Waals surface area contributed by atoms with Crippen LogP contribution in [-0.2, 0) is 15.8 Å². The highest BCUT2D eigenvalue weighted by Gasteiger charge is 2.45. The molecule has 1 aliphatic heterocycles. The highest BCUT2D eigenvalue weighted by Crippen LogP contribution is 2.45. The van der Waals surface area contributed by atoms with Crippen molar-refractivity contribution < 1.29 is 23.8 Å². The Morgan fingerprint density at radius 2 is 2.06 bits per heavy atom. The normalized spacial score (nSPS) is 18.8. The second kappa shape index (κ2) is 8.20. The van der Waals surface area contributed by atoms with E-state index in [1.54, 1.807) is 19.9 Å². The molecule has 33 heavy (non-hydrogen) atoms. The van der Waals surface area contributed by atoms with Gasteiger partial charge in [0.2, 0.25) is 5.91 Å². The zero-order valence-electron chi connectivity index (χ0n) is 18.3. The van der Waals surface area contributed by atoms with E-state index in [1.165, 1.54) is 48.7 Å². The first-order valence-corrected chi connectivity index (χ1v) is 11.0. The molecule has 0 aliphatic carbocycles. The third kappa shape index (κ3) is 4.19. The van der Waals surface area contributed by atoms with E-state index in [0.717, 1.165) is 5.01 Å². The first kappa shape index (κ1) is 22.8. The quantitative estimate of drug-likeness (QED) is 0.508. The summed E-state index contributed by atoms with van der Waals surface area (Å²) in [5.41, 5.74) is 4.50. The summed E-state index contributed by atoms with van der Waals surface area (Å²) >= 11 is 1.24. The number of benzene rings is 1. The van der Waals surface area contributed by atoms with Crippen LogP contribution >= 0.6 is 11.3 Å². The van der Waals surface area contributed by atoms with Crippen molar-refractivity contribution in [1.82, 2.24) is 15.3 Å². The van der Waals surface area contributed by atoms with Gasteiger partial charge in [0, 0.05) is 11.1 Å². The van der Waals surface area contributed by atoms with E-state index in [0.29, 0.717) is 27.4 Å². The standard InChI is InChI=1S/C23H23FN4O4S/c1-12-26-9-16(33-12)20(29)27-10-23(3,31)17-8-15-19(32-11-22(15,2)21(25)30)18(28-17)13-4-6-14(24)7-5-13/h4-9,31H,10-11H2,1-3H3,(H2,25,30)(H,27,29)/t22-,23-/m0/s1. The molecule has 3 aromatic rings. The van der Waals surface area contributed by atoms with Gasteiger partial charge < -0.3 is 20.9 Å². The minimum absolute atomic E-state index is 0.0145. The first-order chi connectivity index (χ1) is 15.5. The molecule has 172 valence electrons. The first-order valence-electron chi connectivity index (χ1n) is 10.2. The van der Waals surface area contributed by atoms with Gasteiger partial charge in [0.25, 0.3) is 5.91 Å². The van der Waals surface area contributed by atoms with Crippen LogP contribution in [0.3, 0.4) is 0 Å². The molecule has 1 aromatic carbocycles. The Hall–Kier alpha value is -3.37. The van der Waals surface area contributed by atoms with Crippen LogP contribution < -0.4 is 15.8 Å². The number of carbonyl (C=O) groups excluding carboxylic acids is 2. The molecule has 0 saturated carbocycles. The zero-order valence-corrected chi connectivity index (χ0v) is 19.1. The number of nitrogens with one attached hydrogen (secondary N) is 1. The van der Waals surface area contributed by atoms with Crippen LogP contribution in [0.1, 0.15) is 39.8 Å². The van der Waals surface area contributed by atoms with Crippen molar-refractivity contribution in [1.29, 1.82) is 0 Å². The highest BCUT2D eigenvalue weighted by atomic mass is 32.1. The molecule has 0 saturated heterocycles. The third-order valence-electron chi connectivity index (χ3n) is 5.72. The van der Waals surface area contributed by atoms with Crippen molar-refractivity contribution in [2.75, 3.05) is 13.2 Å². The number of aromatic nitrogens is 2. The Labute approximate surface area is 193 Å². The van der Waals surface area contributed by atoms with Gasteiger partial charge in [-0.25, -0.2) is 14.4 Å². The number of rotatable bonds is 6. The number of pyridine rings is 1. The number of ether oxygens (including phenoxy) is 1. The minimum Gasteiger partial charge on any atom is -0.489 e. The predicted molar refractivity (Wildman–Crippen MR) is 120 cm³/mol. The molecular weight excluding hydrogens is 447 g/mol. The number of thiazole rings is 1. The molecule has 2 amide bonds. The number of carbonyl (C=O) groups is 2. The van der Waals surface area contributed by atoms with Crippen LogP contribution in [0.4, 0.5) is 4.39 Å². The SMILES string of the molecule is Cc1ncc(C(=O)NC[C@](C)(O)c2cc3c(c(-c4ccc(F)cc4)n2)OC[C@]3(C)C(N)=O)s1. The molecule has 3 heterocycles. The summed E-state index contributed by atoms with van der Waals surface area (Å²) < 4.78 is 19.3. The number of nitrogens with two attached hydrogens (primary N) is 1. The lowest BCUT2D eigenvalue weighted by Gasteiger charge is -2.26. The van der Waals surface area contributed by atoms with Crippen molar-refractivity contribution in [2.45, 2.75) is 31.8 Å². The number of hydrogen-bond acceptors (Lipinski definition) is 7. The van der Waals surface area contributed by atoms with Crippen molar-refractivity contribution >= 4 is 23.2 Å². The minimum atomic E-state index is -1.60. The molecule has 0 unspecified atom stereocenters. The maximum Gasteiger partial charge on any atom is 0.263 e. The maximum atomic E-state index is 13.5. The van der Waals surface area contributed by atoms with Gasteiger partial charge in [0.15, 0.2) is 0 Å². The van der Waals surface area contributed by atoms with E-state index in [1.807, 2.05) is 0 Å². The van der Waals surface area contributed by atoms with Gasteiger partial charge in [-0.1, -0.05) is 0 Å². The van der Waals surface area contributed by atoms with Gasteiger partial charge in [0.05, 0.1) is 23.4 Å². The summed E-state index contributed by atoms with van der Waals surface area (Å²) in [6, 6.07) is 7.21. The number of aryl methyl sites for hydroxylation is 1.